The van der Waals surface area contributed by atoms with E-state index in [1.807, 2.05) is 61.5 Å². The van der Waals surface area contributed by atoms with Crippen LogP contribution in [0.5, 0.6) is 0 Å². The van der Waals surface area contributed by atoms with Gasteiger partial charge in [-0.3, -0.25) is 9.78 Å². The minimum Gasteiger partial charge on any atom is -0.319 e. The lowest BCUT2D eigenvalue weighted by atomic mass is 9.94. The normalized spacial score (nSPS) is 10.7. The number of carbonyl (C=O) groups is 1. The molecule has 132 valence electrons. The molecule has 2 heterocycles. The molecule has 0 aliphatic heterocycles. The second-order valence-corrected chi connectivity index (χ2v) is 6.48. The highest BCUT2D eigenvalue weighted by molar-refractivity contribution is 6.32. The first-order chi connectivity index (χ1) is 13.1. The predicted molar refractivity (Wildman–Crippen MR) is 109 cm³/mol. The summed E-state index contributed by atoms with van der Waals surface area (Å²) < 4.78 is 0. The molecule has 0 fully saturated rings. The highest BCUT2D eigenvalue weighted by atomic mass is 35.5. The van der Waals surface area contributed by atoms with Crippen LogP contribution in [-0.2, 0) is 0 Å². The molecule has 0 aliphatic rings. The van der Waals surface area contributed by atoms with Crippen LogP contribution in [0.1, 0.15) is 16.1 Å². The third kappa shape index (κ3) is 3.27. The maximum absolute atomic E-state index is 13.2. The zero-order valence-electron chi connectivity index (χ0n) is 14.6. The van der Waals surface area contributed by atoms with Crippen LogP contribution in [0.25, 0.3) is 22.0 Å². The van der Waals surface area contributed by atoms with E-state index < -0.39 is 0 Å². The van der Waals surface area contributed by atoms with Gasteiger partial charge >= 0.3 is 0 Å². The number of hydrogen-bond donors (Lipinski definition) is 1. The Bertz CT molecular complexity index is 1140. The van der Waals surface area contributed by atoms with E-state index in [0.29, 0.717) is 16.9 Å². The van der Waals surface area contributed by atoms with Crippen molar-refractivity contribution < 1.29 is 4.79 Å². The summed E-state index contributed by atoms with van der Waals surface area (Å²) in [4.78, 5) is 21.8. The van der Waals surface area contributed by atoms with Crippen LogP contribution in [0.3, 0.4) is 0 Å². The lowest BCUT2D eigenvalue weighted by Gasteiger charge is -2.16. The lowest BCUT2D eigenvalue weighted by molar-refractivity contribution is 0.102. The van der Waals surface area contributed by atoms with Gasteiger partial charge in [0, 0.05) is 17.1 Å². The molecular weight excluding hydrogens is 358 g/mol. The van der Waals surface area contributed by atoms with Crippen molar-refractivity contribution in [3.63, 3.8) is 0 Å². The number of benzene rings is 2. The van der Waals surface area contributed by atoms with Crippen LogP contribution in [0.4, 0.5) is 5.69 Å². The predicted octanol–water partition coefficient (Wildman–Crippen LogP) is 5.51. The molecule has 5 heteroatoms. The summed E-state index contributed by atoms with van der Waals surface area (Å²) in [5.41, 5.74) is 4.32. The second-order valence-electron chi connectivity index (χ2n) is 6.13. The van der Waals surface area contributed by atoms with Crippen molar-refractivity contribution in [2.24, 2.45) is 0 Å². The van der Waals surface area contributed by atoms with Crippen LogP contribution >= 0.6 is 11.6 Å². The standard InChI is InChI=1S/C22H16ClN3O/c1-14-19(22(27)26-18-12-7-13-24-21(18)23)20(15-8-3-2-4-9-15)16-10-5-6-11-17(16)25-14/h2-13H,1H3,(H,26,27). The first kappa shape index (κ1) is 17.2. The van der Waals surface area contributed by atoms with E-state index >= 15 is 0 Å². The number of anilines is 1. The van der Waals surface area contributed by atoms with Gasteiger partial charge < -0.3 is 5.32 Å². The number of halogens is 1. The van der Waals surface area contributed by atoms with E-state index in [9.17, 15) is 4.79 Å². The summed E-state index contributed by atoms with van der Waals surface area (Å²) >= 11 is 6.11. The number of aromatic nitrogens is 2. The van der Waals surface area contributed by atoms with Gasteiger partial charge in [-0.2, -0.15) is 0 Å². The molecule has 4 aromatic rings. The SMILES string of the molecule is Cc1nc2ccccc2c(-c2ccccc2)c1C(=O)Nc1cccnc1Cl. The Kier molecular flexibility index (Phi) is 4.57. The number of pyridine rings is 2. The number of carbonyl (C=O) groups excluding carboxylic acids is 1. The number of hydrogen-bond acceptors (Lipinski definition) is 3. The van der Waals surface area contributed by atoms with Crippen LogP contribution in [0.2, 0.25) is 5.15 Å². The largest absolute Gasteiger partial charge is 0.319 e. The minimum atomic E-state index is -0.264. The van der Waals surface area contributed by atoms with Crippen molar-refractivity contribution in [2.45, 2.75) is 6.92 Å². The minimum absolute atomic E-state index is 0.249. The topological polar surface area (TPSA) is 54.9 Å². The van der Waals surface area contributed by atoms with E-state index in [4.69, 9.17) is 11.6 Å². The van der Waals surface area contributed by atoms with Crippen LogP contribution < -0.4 is 5.32 Å². The summed E-state index contributed by atoms with van der Waals surface area (Å²) in [6.07, 6.45) is 1.58. The second kappa shape index (κ2) is 7.17. The van der Waals surface area contributed by atoms with Crippen molar-refractivity contribution in [1.82, 2.24) is 9.97 Å². The van der Waals surface area contributed by atoms with Crippen LogP contribution in [0.15, 0.2) is 72.9 Å². The molecule has 4 nitrogen and oxygen atoms in total. The maximum Gasteiger partial charge on any atom is 0.258 e. The molecule has 0 aliphatic carbocycles. The van der Waals surface area contributed by atoms with Gasteiger partial charge in [-0.05, 0) is 30.7 Å². The number of nitrogens with zero attached hydrogens (tertiary/aromatic N) is 2. The van der Waals surface area contributed by atoms with E-state index in [1.54, 1.807) is 18.3 Å². The Morgan fingerprint density at radius 3 is 2.48 bits per heavy atom. The summed E-state index contributed by atoms with van der Waals surface area (Å²) in [5, 5.41) is 4.04. The zero-order valence-corrected chi connectivity index (χ0v) is 15.4. The number of para-hydroxylation sites is 1. The van der Waals surface area contributed by atoms with Crippen LogP contribution in [0, 0.1) is 6.92 Å². The Labute approximate surface area is 161 Å². The molecule has 0 atom stereocenters. The Morgan fingerprint density at radius 2 is 1.70 bits per heavy atom. The first-order valence-electron chi connectivity index (χ1n) is 8.52. The van der Waals surface area contributed by atoms with Gasteiger partial charge in [0.15, 0.2) is 5.15 Å². The third-order valence-corrected chi connectivity index (χ3v) is 4.67. The van der Waals surface area contributed by atoms with Gasteiger partial charge in [0.05, 0.1) is 22.5 Å². The molecule has 1 amide bonds. The molecule has 27 heavy (non-hydrogen) atoms. The van der Waals surface area contributed by atoms with Gasteiger partial charge in [0.2, 0.25) is 0 Å². The van der Waals surface area contributed by atoms with Crippen molar-refractivity contribution in [3.05, 3.63) is 89.3 Å². The van der Waals surface area contributed by atoms with Crippen molar-refractivity contribution in [3.8, 4) is 11.1 Å². The molecule has 0 saturated heterocycles. The number of aryl methyl sites for hydroxylation is 1. The number of amides is 1. The van der Waals surface area contributed by atoms with Gasteiger partial charge in [0.25, 0.3) is 5.91 Å². The van der Waals surface area contributed by atoms with Crippen molar-refractivity contribution >= 4 is 34.1 Å². The molecule has 1 N–H and O–H groups in total. The number of fused-ring (bicyclic) bond motifs is 1. The van der Waals surface area contributed by atoms with Gasteiger partial charge in [-0.25, -0.2) is 4.98 Å². The first-order valence-corrected chi connectivity index (χ1v) is 8.89. The average Bonchev–Trinajstić information content (AvgIpc) is 2.69. The Hall–Kier alpha value is -3.24. The van der Waals surface area contributed by atoms with Crippen molar-refractivity contribution in [1.29, 1.82) is 0 Å². The third-order valence-electron chi connectivity index (χ3n) is 4.37. The fourth-order valence-corrected chi connectivity index (χ4v) is 3.35. The molecule has 0 bridgehead atoms. The number of nitrogens with one attached hydrogen (secondary N) is 1. The molecule has 0 unspecified atom stereocenters. The molecule has 2 aromatic carbocycles. The molecule has 4 rings (SSSR count). The molecular formula is C22H16ClN3O. The van der Waals surface area contributed by atoms with Gasteiger partial charge in [-0.1, -0.05) is 60.1 Å². The Morgan fingerprint density at radius 1 is 0.963 bits per heavy atom. The van der Waals surface area contributed by atoms with E-state index in [1.165, 1.54) is 0 Å². The highest BCUT2D eigenvalue weighted by Crippen LogP contribution is 2.33. The molecule has 0 saturated carbocycles. The van der Waals surface area contributed by atoms with Gasteiger partial charge in [-0.15, -0.1) is 0 Å². The zero-order chi connectivity index (χ0) is 18.8. The summed E-state index contributed by atoms with van der Waals surface area (Å²) in [7, 11) is 0. The van der Waals surface area contributed by atoms with E-state index in [0.717, 1.165) is 22.0 Å². The Balaban J connectivity index is 1.93. The van der Waals surface area contributed by atoms with Crippen molar-refractivity contribution in [2.75, 3.05) is 5.32 Å². The van der Waals surface area contributed by atoms with Crippen LogP contribution in [-0.4, -0.2) is 15.9 Å². The average molecular weight is 374 g/mol. The summed E-state index contributed by atoms with van der Waals surface area (Å²) in [6.45, 7) is 1.85. The molecule has 2 aromatic heterocycles. The lowest BCUT2D eigenvalue weighted by Crippen LogP contribution is -2.16. The maximum atomic E-state index is 13.2. The summed E-state index contributed by atoms with van der Waals surface area (Å²) in [6, 6.07) is 21.1. The monoisotopic (exact) mass is 373 g/mol. The van der Waals surface area contributed by atoms with Gasteiger partial charge in [0.1, 0.15) is 0 Å². The highest BCUT2D eigenvalue weighted by Gasteiger charge is 2.21. The fourth-order valence-electron chi connectivity index (χ4n) is 3.18. The van der Waals surface area contributed by atoms with E-state index in [-0.39, 0.29) is 11.1 Å². The summed E-state index contributed by atoms with van der Waals surface area (Å²) in [5.74, 6) is -0.264. The smallest absolute Gasteiger partial charge is 0.258 e. The fraction of sp³-hybridized carbons (Fsp3) is 0.0455. The quantitative estimate of drug-likeness (QED) is 0.481. The number of rotatable bonds is 3. The van der Waals surface area contributed by atoms with E-state index in [2.05, 4.69) is 15.3 Å². The molecule has 0 spiro atoms. The molecule has 0 radical (unpaired) electrons.